The Morgan fingerprint density at radius 1 is 1.14 bits per heavy atom. The molecule has 0 atom stereocenters. The highest BCUT2D eigenvalue weighted by molar-refractivity contribution is 7.90. The lowest BCUT2D eigenvalue weighted by Crippen LogP contribution is -2.37. The number of nitrogens with zero attached hydrogens (tertiary/aromatic N) is 4. The molecule has 2 aliphatic heterocycles. The number of hydrogen-bond donors (Lipinski definition) is 1. The zero-order valence-corrected chi connectivity index (χ0v) is 16.8. The number of sulfonamides is 1. The summed E-state index contributed by atoms with van der Waals surface area (Å²) >= 11 is 0. The molecule has 1 N–H and O–H groups in total. The van der Waals surface area contributed by atoms with Gasteiger partial charge in [-0.05, 0) is 29.7 Å². The van der Waals surface area contributed by atoms with Crippen molar-refractivity contribution in [3.8, 4) is 0 Å². The third kappa shape index (κ3) is 4.29. The van der Waals surface area contributed by atoms with Crippen molar-refractivity contribution >= 4 is 27.6 Å². The van der Waals surface area contributed by atoms with Crippen molar-refractivity contribution in [2.24, 2.45) is 4.40 Å². The van der Waals surface area contributed by atoms with E-state index < -0.39 is 10.0 Å². The molecule has 4 rings (SSSR count). The third-order valence-corrected chi connectivity index (χ3v) is 5.97. The van der Waals surface area contributed by atoms with Gasteiger partial charge in [-0.3, -0.25) is 4.79 Å². The number of anilines is 1. The first-order valence-electron chi connectivity index (χ1n) is 9.34. The second-order valence-electron chi connectivity index (χ2n) is 6.84. The lowest BCUT2D eigenvalue weighted by molar-refractivity contribution is -0.112. The molecule has 1 aromatic heterocycles. The maximum atomic E-state index is 12.7. The minimum atomic E-state index is -3.42. The average Bonchev–Trinajstić information content (AvgIpc) is 3.14. The fraction of sp³-hybridized carbons (Fsp3) is 0.250. The maximum Gasteiger partial charge on any atom is 0.258 e. The molecule has 2 aliphatic rings. The van der Waals surface area contributed by atoms with Crippen LogP contribution in [0.5, 0.6) is 0 Å². The van der Waals surface area contributed by atoms with Gasteiger partial charge in [0.15, 0.2) is 0 Å². The molecule has 2 aromatic rings. The fourth-order valence-electron chi connectivity index (χ4n) is 3.14. The van der Waals surface area contributed by atoms with Crippen molar-refractivity contribution in [2.75, 3.05) is 17.6 Å². The number of nitrogens with one attached hydrogen (secondary N) is 1. The van der Waals surface area contributed by atoms with Crippen LogP contribution in [-0.4, -0.2) is 47.1 Å². The zero-order chi connectivity index (χ0) is 20.4. The van der Waals surface area contributed by atoms with Crippen LogP contribution in [0.25, 0.3) is 0 Å². The van der Waals surface area contributed by atoms with Gasteiger partial charge in [0.25, 0.3) is 15.9 Å². The number of hydrogen-bond acceptors (Lipinski definition) is 5. The lowest BCUT2D eigenvalue weighted by atomic mass is 10.1. The standard InChI is InChI=1S/C20H21N5O3S/c1-2-15-3-5-16(6-4-15)13-25-18(9-10-21-25)22-20(26)17-7-8-19-23-29(27,28)12-11-24(19)14-17/h3-10,14H,2,11-13H2,1H3,(H,22,26). The van der Waals surface area contributed by atoms with Gasteiger partial charge in [-0.25, -0.2) is 13.1 Å². The van der Waals surface area contributed by atoms with Crippen molar-refractivity contribution in [2.45, 2.75) is 19.9 Å². The number of carbonyl (C=O) groups excluding carboxylic acids is 1. The molecule has 29 heavy (non-hydrogen) atoms. The van der Waals surface area contributed by atoms with Gasteiger partial charge in [0.2, 0.25) is 0 Å². The predicted molar refractivity (Wildman–Crippen MR) is 111 cm³/mol. The maximum absolute atomic E-state index is 12.7. The number of carbonyl (C=O) groups is 1. The lowest BCUT2D eigenvalue weighted by Gasteiger charge is -2.26. The number of rotatable bonds is 5. The second kappa shape index (κ2) is 7.67. The Morgan fingerprint density at radius 2 is 1.90 bits per heavy atom. The summed E-state index contributed by atoms with van der Waals surface area (Å²) in [5, 5.41) is 7.17. The minimum absolute atomic E-state index is 0.0701. The fourth-order valence-corrected chi connectivity index (χ4v) is 4.11. The van der Waals surface area contributed by atoms with Gasteiger partial charge >= 0.3 is 0 Å². The number of benzene rings is 1. The number of aryl methyl sites for hydroxylation is 1. The number of amidine groups is 1. The summed E-state index contributed by atoms with van der Waals surface area (Å²) in [5.41, 5.74) is 2.78. The molecule has 0 aliphatic carbocycles. The van der Waals surface area contributed by atoms with Crippen molar-refractivity contribution in [3.63, 3.8) is 0 Å². The first-order valence-corrected chi connectivity index (χ1v) is 10.9. The van der Waals surface area contributed by atoms with E-state index in [2.05, 4.69) is 46.0 Å². The van der Waals surface area contributed by atoms with Crippen molar-refractivity contribution in [1.82, 2.24) is 14.7 Å². The molecule has 1 aromatic carbocycles. The molecule has 0 spiro atoms. The Kier molecular flexibility index (Phi) is 5.06. The summed E-state index contributed by atoms with van der Waals surface area (Å²) in [4.78, 5) is 14.4. The van der Waals surface area contributed by atoms with Crippen LogP contribution in [0.3, 0.4) is 0 Å². The minimum Gasteiger partial charge on any atom is -0.330 e. The largest absolute Gasteiger partial charge is 0.330 e. The summed E-state index contributed by atoms with van der Waals surface area (Å²) in [7, 11) is -3.42. The number of fused-ring (bicyclic) bond motifs is 1. The SMILES string of the molecule is CCc1ccc(Cn2nccc2NC(=O)C2=CN3CCS(=O)(=O)N=C3C=C2)cc1. The van der Waals surface area contributed by atoms with Crippen LogP contribution >= 0.6 is 0 Å². The topological polar surface area (TPSA) is 96.7 Å². The van der Waals surface area contributed by atoms with E-state index in [1.165, 1.54) is 11.6 Å². The molecule has 0 radical (unpaired) electrons. The molecule has 9 heteroatoms. The highest BCUT2D eigenvalue weighted by Gasteiger charge is 2.25. The van der Waals surface area contributed by atoms with Gasteiger partial charge in [0, 0.05) is 18.8 Å². The number of amides is 1. The van der Waals surface area contributed by atoms with E-state index in [4.69, 9.17) is 0 Å². The van der Waals surface area contributed by atoms with Gasteiger partial charge in [0.05, 0.1) is 24.1 Å². The van der Waals surface area contributed by atoms with E-state index in [-0.39, 0.29) is 18.2 Å². The molecule has 150 valence electrons. The van der Waals surface area contributed by atoms with E-state index in [1.807, 2.05) is 0 Å². The Hall–Kier alpha value is -3.20. The first kappa shape index (κ1) is 19.1. The van der Waals surface area contributed by atoms with Crippen LogP contribution in [-0.2, 0) is 27.8 Å². The van der Waals surface area contributed by atoms with E-state index >= 15 is 0 Å². The summed E-state index contributed by atoms with van der Waals surface area (Å²) in [6, 6.07) is 10.0. The van der Waals surface area contributed by atoms with E-state index in [0.717, 1.165) is 12.0 Å². The Labute approximate surface area is 169 Å². The molecule has 0 unspecified atom stereocenters. The van der Waals surface area contributed by atoms with Gasteiger partial charge < -0.3 is 10.2 Å². The van der Waals surface area contributed by atoms with Gasteiger partial charge in [-0.1, -0.05) is 31.2 Å². The molecule has 0 fully saturated rings. The molecular weight excluding hydrogens is 390 g/mol. The van der Waals surface area contributed by atoms with Crippen LogP contribution in [0, 0.1) is 0 Å². The molecule has 0 saturated carbocycles. The Bertz CT molecular complexity index is 1130. The van der Waals surface area contributed by atoms with Gasteiger partial charge in [0.1, 0.15) is 11.7 Å². The van der Waals surface area contributed by atoms with Crippen molar-refractivity contribution in [1.29, 1.82) is 0 Å². The highest BCUT2D eigenvalue weighted by atomic mass is 32.2. The zero-order valence-electron chi connectivity index (χ0n) is 15.9. The van der Waals surface area contributed by atoms with E-state index in [9.17, 15) is 13.2 Å². The highest BCUT2D eigenvalue weighted by Crippen LogP contribution is 2.18. The third-order valence-electron chi connectivity index (χ3n) is 4.81. The second-order valence-corrected chi connectivity index (χ2v) is 8.60. The summed E-state index contributed by atoms with van der Waals surface area (Å²) in [5.74, 6) is 0.550. The summed E-state index contributed by atoms with van der Waals surface area (Å²) < 4.78 is 28.6. The molecule has 1 amide bonds. The Morgan fingerprint density at radius 3 is 2.66 bits per heavy atom. The van der Waals surface area contributed by atoms with Gasteiger partial charge in [-0.2, -0.15) is 5.10 Å². The summed E-state index contributed by atoms with van der Waals surface area (Å²) in [6.45, 7) is 2.93. The molecule has 0 bridgehead atoms. The van der Waals surface area contributed by atoms with Crippen LogP contribution < -0.4 is 5.32 Å². The number of aromatic nitrogens is 2. The van der Waals surface area contributed by atoms with Crippen LogP contribution in [0.4, 0.5) is 5.82 Å². The smallest absolute Gasteiger partial charge is 0.258 e. The molecule has 0 saturated heterocycles. The molecular formula is C20H21N5O3S. The molecule has 3 heterocycles. The van der Waals surface area contributed by atoms with Crippen LogP contribution in [0.15, 0.2) is 64.9 Å². The average molecular weight is 411 g/mol. The van der Waals surface area contributed by atoms with Crippen molar-refractivity contribution < 1.29 is 13.2 Å². The first-order chi connectivity index (χ1) is 13.9. The molecule has 8 nitrogen and oxygen atoms in total. The monoisotopic (exact) mass is 411 g/mol. The predicted octanol–water partition coefficient (Wildman–Crippen LogP) is 1.93. The Balaban J connectivity index is 1.47. The van der Waals surface area contributed by atoms with Gasteiger partial charge in [-0.15, -0.1) is 4.40 Å². The van der Waals surface area contributed by atoms with Crippen LogP contribution in [0.2, 0.25) is 0 Å². The normalized spacial score (nSPS) is 17.3. The summed E-state index contributed by atoms with van der Waals surface area (Å²) in [6.07, 6.45) is 7.35. The van der Waals surface area contributed by atoms with E-state index in [0.29, 0.717) is 23.8 Å². The van der Waals surface area contributed by atoms with Crippen LogP contribution in [0.1, 0.15) is 18.1 Å². The van der Waals surface area contributed by atoms with E-state index in [1.54, 1.807) is 34.1 Å². The van der Waals surface area contributed by atoms with Crippen molar-refractivity contribution in [3.05, 3.63) is 71.6 Å². The quantitative estimate of drug-likeness (QED) is 0.811.